The molecule has 0 unspecified atom stereocenters. The first-order valence-electron chi connectivity index (χ1n) is 4.66. The Labute approximate surface area is 78.1 Å². The normalized spacial score (nSPS) is 13.5. The van der Waals surface area contributed by atoms with E-state index in [1.165, 1.54) is 0 Å². The lowest BCUT2D eigenvalue weighted by molar-refractivity contribution is 0.225. The van der Waals surface area contributed by atoms with Gasteiger partial charge in [0.1, 0.15) is 0 Å². The summed E-state index contributed by atoms with van der Waals surface area (Å²) >= 11 is 0. The molecule has 12 heavy (non-hydrogen) atoms. The van der Waals surface area contributed by atoms with Crippen LogP contribution in [0.1, 0.15) is 27.7 Å². The van der Waals surface area contributed by atoms with Gasteiger partial charge in [0.15, 0.2) is 0 Å². The minimum atomic E-state index is -1.60. The second-order valence-corrected chi connectivity index (χ2v) is 8.06. The van der Waals surface area contributed by atoms with Gasteiger partial charge in [-0.25, -0.2) is 0 Å². The average Bonchev–Trinajstić information content (AvgIpc) is 1.84. The number of hydrogen-bond acceptors (Lipinski definition) is 2. The van der Waals surface area contributed by atoms with Crippen molar-refractivity contribution in [3.05, 3.63) is 0 Å². The van der Waals surface area contributed by atoms with Crippen molar-refractivity contribution in [1.82, 2.24) is 4.57 Å². The molecule has 0 spiro atoms. The highest BCUT2D eigenvalue weighted by Gasteiger charge is 2.33. The van der Waals surface area contributed by atoms with E-state index in [1.54, 1.807) is 0 Å². The molecule has 0 saturated carbocycles. The molecule has 0 N–H and O–H groups in total. The summed E-state index contributed by atoms with van der Waals surface area (Å²) in [6, 6.07) is 1.15. The molecule has 0 saturated heterocycles. The zero-order valence-electron chi connectivity index (χ0n) is 9.51. The second-order valence-electron chi connectivity index (χ2n) is 4.25. The minimum Gasteiger partial charge on any atom is -0.406 e. The molecule has 0 radical (unpaired) electrons. The van der Waals surface area contributed by atoms with Crippen LogP contribution in [0.5, 0.6) is 0 Å². The molecular formula is C9H23NOSi. The second kappa shape index (κ2) is 4.39. The van der Waals surface area contributed by atoms with E-state index in [0.29, 0.717) is 12.1 Å². The van der Waals surface area contributed by atoms with Crippen molar-refractivity contribution in [1.29, 1.82) is 0 Å². The Kier molecular flexibility index (Phi) is 4.44. The van der Waals surface area contributed by atoms with Crippen molar-refractivity contribution in [2.24, 2.45) is 0 Å². The first-order chi connectivity index (χ1) is 5.33. The fraction of sp³-hybridized carbons (Fsp3) is 1.00. The molecule has 0 rings (SSSR count). The van der Waals surface area contributed by atoms with E-state index < -0.39 is 8.48 Å². The Morgan fingerprint density at radius 3 is 1.42 bits per heavy atom. The van der Waals surface area contributed by atoms with E-state index >= 15 is 0 Å². The molecule has 0 aromatic heterocycles. The van der Waals surface area contributed by atoms with E-state index in [0.717, 1.165) is 0 Å². The molecule has 0 aliphatic heterocycles. The van der Waals surface area contributed by atoms with Gasteiger partial charge < -0.3 is 4.43 Å². The summed E-state index contributed by atoms with van der Waals surface area (Å²) in [5, 5.41) is 0. The van der Waals surface area contributed by atoms with Gasteiger partial charge in [-0.3, -0.25) is 4.57 Å². The van der Waals surface area contributed by atoms with Gasteiger partial charge in [-0.15, -0.1) is 0 Å². The first kappa shape index (κ1) is 12.1. The molecule has 3 heteroatoms. The molecule has 0 heterocycles. The van der Waals surface area contributed by atoms with Crippen LogP contribution >= 0.6 is 0 Å². The summed E-state index contributed by atoms with van der Waals surface area (Å²) in [4.78, 5) is 0. The van der Waals surface area contributed by atoms with Crippen LogP contribution in [-0.4, -0.2) is 32.2 Å². The molecule has 0 aromatic carbocycles. The lowest BCUT2D eigenvalue weighted by atomic mass is 10.3. The molecule has 2 nitrogen and oxygen atoms in total. The van der Waals surface area contributed by atoms with Crippen LogP contribution < -0.4 is 0 Å². The Bertz CT molecular complexity index is 126. The molecule has 0 fully saturated rings. The third-order valence-electron chi connectivity index (χ3n) is 2.23. The van der Waals surface area contributed by atoms with Crippen LogP contribution in [-0.2, 0) is 4.43 Å². The number of nitrogens with zero attached hydrogens (tertiary/aromatic N) is 1. The predicted molar refractivity (Wildman–Crippen MR) is 56.6 cm³/mol. The van der Waals surface area contributed by atoms with E-state index in [4.69, 9.17) is 4.43 Å². The summed E-state index contributed by atoms with van der Waals surface area (Å²) in [6.07, 6.45) is 0. The van der Waals surface area contributed by atoms with E-state index in [2.05, 4.69) is 45.4 Å². The van der Waals surface area contributed by atoms with Crippen LogP contribution in [0.4, 0.5) is 0 Å². The van der Waals surface area contributed by atoms with Gasteiger partial charge in [-0.2, -0.15) is 0 Å². The molecular weight excluding hydrogens is 166 g/mol. The molecule has 0 aliphatic carbocycles. The summed E-state index contributed by atoms with van der Waals surface area (Å²) in [7, 11) is 0.224. The fourth-order valence-corrected chi connectivity index (χ4v) is 4.64. The number of hydrogen-bond donors (Lipinski definition) is 0. The molecule has 0 amide bonds. The highest BCUT2D eigenvalue weighted by Crippen LogP contribution is 2.17. The summed E-state index contributed by atoms with van der Waals surface area (Å²) in [5.74, 6) is 0. The van der Waals surface area contributed by atoms with Crippen molar-refractivity contribution in [3.63, 3.8) is 0 Å². The maximum atomic E-state index is 5.59. The highest BCUT2D eigenvalue weighted by atomic mass is 28.4. The molecule has 0 bridgehead atoms. The molecule has 0 aliphatic rings. The van der Waals surface area contributed by atoms with Gasteiger partial charge in [-0.05, 0) is 25.2 Å². The Hall–Kier alpha value is 0.137. The molecule has 0 aromatic rings. The lowest BCUT2D eigenvalue weighted by Crippen LogP contribution is -2.56. The summed E-state index contributed by atoms with van der Waals surface area (Å²) in [5.41, 5.74) is 0. The van der Waals surface area contributed by atoms with Crippen LogP contribution in [0.25, 0.3) is 0 Å². The van der Waals surface area contributed by atoms with Crippen LogP contribution in [0.3, 0.4) is 0 Å². The van der Waals surface area contributed by atoms with Crippen molar-refractivity contribution < 1.29 is 4.43 Å². The topological polar surface area (TPSA) is 12.5 Å². The standard InChI is InChI=1S/C9H23NOSi/c1-8(2)10(9(3)4)12(6,7)11-5/h8-9H,1-7H3. The zero-order chi connectivity index (χ0) is 9.94. The maximum Gasteiger partial charge on any atom is 0.265 e. The average molecular weight is 189 g/mol. The van der Waals surface area contributed by atoms with Gasteiger partial charge in [0.05, 0.1) is 0 Å². The van der Waals surface area contributed by atoms with Crippen LogP contribution in [0, 0.1) is 0 Å². The Morgan fingerprint density at radius 1 is 1.00 bits per heavy atom. The van der Waals surface area contributed by atoms with E-state index in [1.807, 2.05) is 7.11 Å². The van der Waals surface area contributed by atoms with Gasteiger partial charge in [0, 0.05) is 7.11 Å². The van der Waals surface area contributed by atoms with Crippen LogP contribution in [0.2, 0.25) is 13.1 Å². The van der Waals surface area contributed by atoms with Gasteiger partial charge in [0.2, 0.25) is 0 Å². The maximum absolute atomic E-state index is 5.59. The van der Waals surface area contributed by atoms with Crippen molar-refractivity contribution in [3.8, 4) is 0 Å². The van der Waals surface area contributed by atoms with Gasteiger partial charge in [-0.1, -0.05) is 27.7 Å². The quantitative estimate of drug-likeness (QED) is 0.630. The van der Waals surface area contributed by atoms with E-state index in [9.17, 15) is 0 Å². The molecule has 0 atom stereocenters. The van der Waals surface area contributed by atoms with Gasteiger partial charge in [0.25, 0.3) is 8.48 Å². The third kappa shape index (κ3) is 2.88. The van der Waals surface area contributed by atoms with Crippen molar-refractivity contribution in [2.75, 3.05) is 7.11 Å². The zero-order valence-corrected chi connectivity index (χ0v) is 10.5. The minimum absolute atomic E-state index is 0.576. The summed E-state index contributed by atoms with van der Waals surface area (Å²) < 4.78 is 8.08. The third-order valence-corrected chi connectivity index (χ3v) is 5.51. The smallest absolute Gasteiger partial charge is 0.265 e. The lowest BCUT2D eigenvalue weighted by Gasteiger charge is -2.41. The SMILES string of the molecule is CO[Si](C)(C)N(C(C)C)C(C)C. The number of rotatable bonds is 4. The monoisotopic (exact) mass is 189 g/mol. The van der Waals surface area contributed by atoms with E-state index in [-0.39, 0.29) is 0 Å². The van der Waals surface area contributed by atoms with Gasteiger partial charge >= 0.3 is 0 Å². The Morgan fingerprint density at radius 2 is 1.33 bits per heavy atom. The highest BCUT2D eigenvalue weighted by molar-refractivity contribution is 6.68. The fourth-order valence-electron chi connectivity index (χ4n) is 1.95. The van der Waals surface area contributed by atoms with Crippen molar-refractivity contribution >= 4 is 8.48 Å². The molecule has 74 valence electrons. The van der Waals surface area contributed by atoms with Crippen molar-refractivity contribution in [2.45, 2.75) is 52.9 Å². The largest absolute Gasteiger partial charge is 0.406 e. The first-order valence-corrected chi connectivity index (χ1v) is 7.52. The Balaban J connectivity index is 4.50. The summed E-state index contributed by atoms with van der Waals surface area (Å²) in [6.45, 7) is 13.4. The predicted octanol–water partition coefficient (Wildman–Crippen LogP) is 2.45. The van der Waals surface area contributed by atoms with Crippen LogP contribution in [0.15, 0.2) is 0 Å².